The molecular formula is C30H31F7N2O5S. The molecule has 2 aromatic carbocycles. The van der Waals surface area contributed by atoms with E-state index in [4.69, 9.17) is 0 Å². The van der Waals surface area contributed by atoms with Crippen molar-refractivity contribution in [1.82, 2.24) is 4.90 Å². The van der Waals surface area contributed by atoms with Crippen LogP contribution in [0.15, 0.2) is 53.4 Å². The molecule has 2 atom stereocenters. The number of hydrogen-bond donors (Lipinski definition) is 1. The molecule has 5 rings (SSSR count). The molecule has 1 aliphatic carbocycles. The SMILES string of the molecule is CCN1CC2N(C(=O)[C@H]3CC[C@H](C(=O)O)CC3)CCC2(S(=O)(=O)c2ccccc2)c2ccc(C(F)(C(F)(F)F)C(F)(F)F)cc21. The number of halogens is 7. The van der Waals surface area contributed by atoms with Crippen LogP contribution in [0.5, 0.6) is 0 Å². The van der Waals surface area contributed by atoms with Gasteiger partial charge in [0, 0.05) is 36.8 Å². The lowest BCUT2D eigenvalue weighted by Gasteiger charge is -2.48. The fourth-order valence-electron chi connectivity index (χ4n) is 7.23. The molecule has 0 radical (unpaired) electrons. The highest BCUT2D eigenvalue weighted by atomic mass is 32.2. The van der Waals surface area contributed by atoms with Crippen LogP contribution in [-0.2, 0) is 29.8 Å². The zero-order valence-electron chi connectivity index (χ0n) is 24.0. The van der Waals surface area contributed by atoms with E-state index in [-0.39, 0.29) is 73.8 Å². The number of carbonyl (C=O) groups excluding carboxylic acids is 1. The molecule has 7 nitrogen and oxygen atoms in total. The molecule has 1 saturated carbocycles. The minimum Gasteiger partial charge on any atom is -0.481 e. The van der Waals surface area contributed by atoms with Crippen molar-refractivity contribution in [3.05, 3.63) is 59.7 Å². The Labute approximate surface area is 254 Å². The molecule has 1 N–H and O–H groups in total. The van der Waals surface area contributed by atoms with Gasteiger partial charge in [0.05, 0.1) is 16.9 Å². The smallest absolute Gasteiger partial charge is 0.435 e. The number of aliphatic carboxylic acids is 1. The summed E-state index contributed by atoms with van der Waals surface area (Å²) in [6.07, 6.45) is -11.9. The standard InChI is InChI=1S/C30H31F7N2O5S/c1-2-38-17-24-27(45(43,44)21-6-4-3-5-7-21,14-15-39(24)25(40)18-8-10-19(11-9-18)26(41)42)22-13-12-20(16-23(22)38)28(31,29(32,33)34)30(35,36)37/h3-7,12-13,16,18-19,24H,2,8-11,14-15,17H2,1H3,(H,41,42)/t18-,19-,24?,27?. The summed E-state index contributed by atoms with van der Waals surface area (Å²) in [6, 6.07) is 7.62. The highest BCUT2D eigenvalue weighted by Crippen LogP contribution is 2.57. The lowest BCUT2D eigenvalue weighted by Crippen LogP contribution is -2.59. The maximum Gasteiger partial charge on any atom is 0.435 e. The van der Waals surface area contributed by atoms with E-state index in [1.165, 1.54) is 34.1 Å². The summed E-state index contributed by atoms with van der Waals surface area (Å²) in [4.78, 5) is 28.0. The Morgan fingerprint density at radius 3 is 2.02 bits per heavy atom. The van der Waals surface area contributed by atoms with Crippen molar-refractivity contribution in [2.45, 2.75) is 72.7 Å². The predicted octanol–water partition coefficient (Wildman–Crippen LogP) is 5.98. The van der Waals surface area contributed by atoms with E-state index in [1.54, 1.807) is 13.0 Å². The monoisotopic (exact) mass is 664 g/mol. The predicted molar refractivity (Wildman–Crippen MR) is 148 cm³/mol. The number of amides is 1. The van der Waals surface area contributed by atoms with E-state index in [0.717, 1.165) is 6.07 Å². The highest BCUT2D eigenvalue weighted by molar-refractivity contribution is 7.92. The minimum atomic E-state index is -6.36. The largest absolute Gasteiger partial charge is 0.481 e. The van der Waals surface area contributed by atoms with Gasteiger partial charge in [-0.1, -0.05) is 30.3 Å². The number of carbonyl (C=O) groups is 2. The molecule has 2 aliphatic heterocycles. The first-order valence-electron chi connectivity index (χ1n) is 14.5. The van der Waals surface area contributed by atoms with Crippen molar-refractivity contribution < 1.29 is 53.8 Å². The molecule has 0 bridgehead atoms. The Kier molecular flexibility index (Phi) is 8.19. The molecule has 1 saturated heterocycles. The van der Waals surface area contributed by atoms with E-state index in [0.29, 0.717) is 12.1 Å². The lowest BCUT2D eigenvalue weighted by atomic mass is 9.80. The average molecular weight is 665 g/mol. The quantitative estimate of drug-likeness (QED) is 0.382. The Morgan fingerprint density at radius 1 is 0.911 bits per heavy atom. The van der Waals surface area contributed by atoms with Crippen molar-refractivity contribution in [2.75, 3.05) is 24.5 Å². The van der Waals surface area contributed by atoms with Crippen LogP contribution in [0.3, 0.4) is 0 Å². The number of fused-ring (bicyclic) bond motifs is 3. The maximum absolute atomic E-state index is 15.2. The van der Waals surface area contributed by atoms with Crippen molar-refractivity contribution >= 4 is 27.4 Å². The maximum atomic E-state index is 15.2. The molecule has 2 heterocycles. The van der Waals surface area contributed by atoms with Gasteiger partial charge in [0.15, 0.2) is 9.84 Å². The number of carboxylic acid groups (broad SMARTS) is 1. The number of hydrogen-bond acceptors (Lipinski definition) is 5. The fourth-order valence-corrected chi connectivity index (χ4v) is 9.55. The first-order valence-corrected chi connectivity index (χ1v) is 16.0. The lowest BCUT2D eigenvalue weighted by molar-refractivity contribution is -0.348. The van der Waals surface area contributed by atoms with Crippen LogP contribution in [0.2, 0.25) is 0 Å². The molecule has 3 aliphatic rings. The van der Waals surface area contributed by atoms with Crippen molar-refractivity contribution in [2.24, 2.45) is 11.8 Å². The molecule has 0 spiro atoms. The summed E-state index contributed by atoms with van der Waals surface area (Å²) in [5.41, 5.74) is -7.86. The highest BCUT2D eigenvalue weighted by Gasteiger charge is 2.74. The van der Waals surface area contributed by atoms with Crippen LogP contribution < -0.4 is 4.90 Å². The van der Waals surface area contributed by atoms with E-state index < -0.39 is 62.0 Å². The van der Waals surface area contributed by atoms with E-state index >= 15 is 4.39 Å². The number of likely N-dealkylation sites (tertiary alicyclic amines) is 1. The molecule has 2 aromatic rings. The third-order valence-corrected chi connectivity index (χ3v) is 12.2. The minimum absolute atomic E-state index is 0.00249. The second-order valence-corrected chi connectivity index (χ2v) is 14.0. The number of sulfone groups is 1. The summed E-state index contributed by atoms with van der Waals surface area (Å²) in [6.45, 7) is 1.22. The third-order valence-electron chi connectivity index (χ3n) is 9.63. The second-order valence-electron chi connectivity index (χ2n) is 11.8. The molecule has 0 aromatic heterocycles. The van der Waals surface area contributed by atoms with Gasteiger partial charge in [0.25, 0.3) is 0 Å². The summed E-state index contributed by atoms with van der Waals surface area (Å²) in [5.74, 6) is -2.54. The number of alkyl halides is 7. The number of carboxylic acids is 1. The second kappa shape index (κ2) is 11.2. The van der Waals surface area contributed by atoms with Crippen molar-refractivity contribution in [1.29, 1.82) is 0 Å². The van der Waals surface area contributed by atoms with Gasteiger partial charge in [-0.3, -0.25) is 9.59 Å². The summed E-state index contributed by atoms with van der Waals surface area (Å²) >= 11 is 0. The van der Waals surface area contributed by atoms with Crippen LogP contribution in [0, 0.1) is 11.8 Å². The Bertz CT molecular complexity index is 1560. The van der Waals surface area contributed by atoms with Crippen molar-refractivity contribution in [3.8, 4) is 0 Å². The molecule has 45 heavy (non-hydrogen) atoms. The van der Waals surface area contributed by atoms with Gasteiger partial charge in [0.1, 0.15) is 4.75 Å². The first kappa shape index (κ1) is 33.0. The van der Waals surface area contributed by atoms with Crippen LogP contribution in [0.25, 0.3) is 0 Å². The average Bonchev–Trinajstić information content (AvgIpc) is 3.40. The topological polar surface area (TPSA) is 95.0 Å². The normalized spacial score (nSPS) is 25.9. The number of anilines is 1. The van der Waals surface area contributed by atoms with Crippen LogP contribution in [0.4, 0.5) is 36.4 Å². The van der Waals surface area contributed by atoms with Gasteiger partial charge >= 0.3 is 24.0 Å². The fraction of sp³-hybridized carbons (Fsp3) is 0.533. The van der Waals surface area contributed by atoms with Gasteiger partial charge in [-0.15, -0.1) is 0 Å². The van der Waals surface area contributed by atoms with Gasteiger partial charge in [-0.2, -0.15) is 26.3 Å². The third kappa shape index (κ3) is 4.96. The Morgan fingerprint density at radius 2 is 1.49 bits per heavy atom. The van der Waals surface area contributed by atoms with Crippen LogP contribution in [-0.4, -0.2) is 68.3 Å². The molecule has 1 amide bonds. The first-order chi connectivity index (χ1) is 20.9. The summed E-state index contributed by atoms with van der Waals surface area (Å²) in [7, 11) is -4.46. The van der Waals surface area contributed by atoms with Gasteiger partial charge in [-0.25, -0.2) is 12.8 Å². The number of likely N-dealkylation sites (N-methyl/N-ethyl adjacent to an activating group) is 1. The van der Waals surface area contributed by atoms with Crippen LogP contribution in [0.1, 0.15) is 50.2 Å². The zero-order chi connectivity index (χ0) is 33.2. The summed E-state index contributed by atoms with van der Waals surface area (Å²) < 4.78 is 125. The summed E-state index contributed by atoms with van der Waals surface area (Å²) in [5, 5.41) is 9.35. The number of rotatable bonds is 6. The van der Waals surface area contributed by atoms with Crippen LogP contribution >= 0.6 is 0 Å². The molecule has 2 fully saturated rings. The van der Waals surface area contributed by atoms with Gasteiger partial charge < -0.3 is 14.9 Å². The number of nitrogens with zero attached hydrogens (tertiary/aromatic N) is 2. The van der Waals surface area contributed by atoms with E-state index in [2.05, 4.69) is 0 Å². The Balaban J connectivity index is 1.67. The molecule has 15 heteroatoms. The number of benzene rings is 2. The molecule has 246 valence electrons. The Hall–Kier alpha value is -3.36. The zero-order valence-corrected chi connectivity index (χ0v) is 24.9. The van der Waals surface area contributed by atoms with E-state index in [1.807, 2.05) is 0 Å². The van der Waals surface area contributed by atoms with E-state index in [9.17, 15) is 49.5 Å². The molecular weight excluding hydrogens is 633 g/mol. The van der Waals surface area contributed by atoms with Crippen molar-refractivity contribution in [3.63, 3.8) is 0 Å². The molecule has 2 unspecified atom stereocenters. The van der Waals surface area contributed by atoms with Gasteiger partial charge in [0.2, 0.25) is 5.91 Å². The van der Waals surface area contributed by atoms with Gasteiger partial charge in [-0.05, 0) is 62.8 Å².